The van der Waals surface area contributed by atoms with Crippen molar-refractivity contribution in [2.45, 2.75) is 33.7 Å². The Bertz CT molecular complexity index is 916. The molecule has 24 heavy (non-hydrogen) atoms. The first kappa shape index (κ1) is 16.4. The minimum absolute atomic E-state index is 0.300. The van der Waals surface area contributed by atoms with E-state index in [-0.39, 0.29) is 5.91 Å². The molecule has 0 bridgehead atoms. The highest BCUT2D eigenvalue weighted by molar-refractivity contribution is 7.07. The van der Waals surface area contributed by atoms with E-state index in [0.717, 1.165) is 0 Å². The van der Waals surface area contributed by atoms with Crippen LogP contribution in [-0.4, -0.2) is 15.6 Å². The van der Waals surface area contributed by atoms with Crippen molar-refractivity contribution in [2.24, 2.45) is 4.99 Å². The van der Waals surface area contributed by atoms with E-state index in [1.165, 1.54) is 22.5 Å². The number of aryl methyl sites for hydroxylation is 3. The SMILES string of the molecule is CCc1noc(C)c1C(=O)N=c1sccn1Cc1ccc(C)cc1. The van der Waals surface area contributed by atoms with Gasteiger partial charge in [0.1, 0.15) is 11.3 Å². The van der Waals surface area contributed by atoms with Gasteiger partial charge in [-0.3, -0.25) is 4.79 Å². The maximum atomic E-state index is 12.5. The third kappa shape index (κ3) is 3.38. The molecule has 0 aliphatic heterocycles. The summed E-state index contributed by atoms with van der Waals surface area (Å²) in [4.78, 5) is 17.5. The van der Waals surface area contributed by atoms with Crippen LogP contribution in [0.3, 0.4) is 0 Å². The molecule has 2 heterocycles. The van der Waals surface area contributed by atoms with Crippen LogP contribution in [0.1, 0.15) is 39.9 Å². The largest absolute Gasteiger partial charge is 0.361 e. The van der Waals surface area contributed by atoms with Gasteiger partial charge in [-0.2, -0.15) is 4.99 Å². The molecule has 1 amide bonds. The van der Waals surface area contributed by atoms with Crippen LogP contribution in [0.25, 0.3) is 0 Å². The summed E-state index contributed by atoms with van der Waals surface area (Å²) in [6.45, 7) is 6.42. The Morgan fingerprint density at radius 1 is 1.29 bits per heavy atom. The van der Waals surface area contributed by atoms with Crippen LogP contribution in [-0.2, 0) is 13.0 Å². The molecule has 0 unspecified atom stereocenters. The van der Waals surface area contributed by atoms with Gasteiger partial charge in [0.15, 0.2) is 4.80 Å². The molecule has 5 nitrogen and oxygen atoms in total. The predicted octanol–water partition coefficient (Wildman–Crippen LogP) is 3.51. The minimum atomic E-state index is -0.300. The second kappa shape index (κ2) is 6.97. The summed E-state index contributed by atoms with van der Waals surface area (Å²) in [5, 5.41) is 5.86. The number of nitrogens with zero attached hydrogens (tertiary/aromatic N) is 3. The monoisotopic (exact) mass is 341 g/mol. The number of aromatic nitrogens is 2. The molecule has 0 saturated heterocycles. The van der Waals surface area contributed by atoms with Crippen LogP contribution in [0.4, 0.5) is 0 Å². The maximum Gasteiger partial charge on any atom is 0.285 e. The third-order valence-electron chi connectivity index (χ3n) is 3.81. The Balaban J connectivity index is 1.91. The summed E-state index contributed by atoms with van der Waals surface area (Å²) in [6, 6.07) is 8.34. The molecule has 0 atom stereocenters. The van der Waals surface area contributed by atoms with Gasteiger partial charge in [0, 0.05) is 18.1 Å². The molecule has 0 aliphatic rings. The molecule has 2 aromatic heterocycles. The van der Waals surface area contributed by atoms with Crippen LogP contribution in [0.15, 0.2) is 45.4 Å². The van der Waals surface area contributed by atoms with E-state index in [2.05, 4.69) is 41.3 Å². The number of carbonyl (C=O) groups excluding carboxylic acids is 1. The predicted molar refractivity (Wildman–Crippen MR) is 93.1 cm³/mol. The van der Waals surface area contributed by atoms with Gasteiger partial charge in [0.2, 0.25) is 0 Å². The van der Waals surface area contributed by atoms with Gasteiger partial charge in [-0.05, 0) is 25.8 Å². The van der Waals surface area contributed by atoms with Crippen molar-refractivity contribution >= 4 is 17.2 Å². The number of carbonyl (C=O) groups is 1. The first-order chi connectivity index (χ1) is 11.6. The molecular weight excluding hydrogens is 322 g/mol. The van der Waals surface area contributed by atoms with Gasteiger partial charge in [-0.15, -0.1) is 11.3 Å². The van der Waals surface area contributed by atoms with Gasteiger partial charge in [0.05, 0.1) is 5.69 Å². The van der Waals surface area contributed by atoms with Crippen molar-refractivity contribution in [3.63, 3.8) is 0 Å². The van der Waals surface area contributed by atoms with Crippen LogP contribution < -0.4 is 4.80 Å². The van der Waals surface area contributed by atoms with Crippen molar-refractivity contribution in [1.82, 2.24) is 9.72 Å². The average Bonchev–Trinajstić information content (AvgIpc) is 3.16. The topological polar surface area (TPSA) is 60.4 Å². The number of hydrogen-bond acceptors (Lipinski definition) is 4. The zero-order chi connectivity index (χ0) is 17.1. The Labute approximate surface area is 144 Å². The van der Waals surface area contributed by atoms with Crippen molar-refractivity contribution < 1.29 is 9.32 Å². The Morgan fingerprint density at radius 3 is 2.75 bits per heavy atom. The summed E-state index contributed by atoms with van der Waals surface area (Å²) in [7, 11) is 0. The lowest BCUT2D eigenvalue weighted by Gasteiger charge is -2.03. The average molecular weight is 341 g/mol. The van der Waals surface area contributed by atoms with Gasteiger partial charge >= 0.3 is 0 Å². The lowest BCUT2D eigenvalue weighted by molar-refractivity contribution is 0.0995. The fourth-order valence-electron chi connectivity index (χ4n) is 2.47. The van der Waals surface area contributed by atoms with E-state index in [1.807, 2.05) is 23.1 Å². The van der Waals surface area contributed by atoms with Crippen LogP contribution in [0, 0.1) is 13.8 Å². The van der Waals surface area contributed by atoms with Crippen molar-refractivity contribution in [3.8, 4) is 0 Å². The third-order valence-corrected chi connectivity index (χ3v) is 4.61. The lowest BCUT2D eigenvalue weighted by Crippen LogP contribution is -2.17. The number of hydrogen-bond donors (Lipinski definition) is 0. The summed E-state index contributed by atoms with van der Waals surface area (Å²) in [5.41, 5.74) is 3.53. The van der Waals surface area contributed by atoms with E-state index < -0.39 is 0 Å². The van der Waals surface area contributed by atoms with E-state index in [0.29, 0.717) is 34.8 Å². The standard InChI is InChI=1S/C18H19N3O2S/c1-4-15-16(13(3)23-20-15)17(22)19-18-21(9-10-24-18)11-14-7-5-12(2)6-8-14/h5-10H,4,11H2,1-3H3. The second-order valence-electron chi connectivity index (χ2n) is 5.63. The van der Waals surface area contributed by atoms with Crippen LogP contribution in [0.5, 0.6) is 0 Å². The summed E-state index contributed by atoms with van der Waals surface area (Å²) < 4.78 is 7.10. The van der Waals surface area contributed by atoms with E-state index in [4.69, 9.17) is 4.52 Å². The summed E-state index contributed by atoms with van der Waals surface area (Å²) in [5.74, 6) is 0.216. The molecule has 3 rings (SSSR count). The van der Waals surface area contributed by atoms with Gasteiger partial charge < -0.3 is 9.09 Å². The quantitative estimate of drug-likeness (QED) is 0.729. The van der Waals surface area contributed by atoms with E-state index >= 15 is 0 Å². The molecule has 124 valence electrons. The van der Waals surface area contributed by atoms with E-state index in [1.54, 1.807) is 6.92 Å². The molecule has 3 aromatic rings. The minimum Gasteiger partial charge on any atom is -0.361 e. The van der Waals surface area contributed by atoms with Crippen molar-refractivity contribution in [2.75, 3.05) is 0 Å². The zero-order valence-corrected chi connectivity index (χ0v) is 14.8. The number of thiazole rings is 1. The van der Waals surface area contributed by atoms with Crippen molar-refractivity contribution in [1.29, 1.82) is 0 Å². The van der Waals surface area contributed by atoms with Crippen LogP contribution >= 0.6 is 11.3 Å². The van der Waals surface area contributed by atoms with E-state index in [9.17, 15) is 4.79 Å². The summed E-state index contributed by atoms with van der Waals surface area (Å²) in [6.07, 6.45) is 2.58. The molecule has 0 radical (unpaired) electrons. The van der Waals surface area contributed by atoms with Gasteiger partial charge in [0.25, 0.3) is 5.91 Å². The molecule has 0 fully saturated rings. The molecule has 0 saturated carbocycles. The van der Waals surface area contributed by atoms with Crippen molar-refractivity contribution in [3.05, 3.63) is 68.8 Å². The highest BCUT2D eigenvalue weighted by Gasteiger charge is 2.18. The zero-order valence-electron chi connectivity index (χ0n) is 13.9. The maximum absolute atomic E-state index is 12.5. The number of rotatable bonds is 4. The molecule has 0 spiro atoms. The fourth-order valence-corrected chi connectivity index (χ4v) is 3.20. The first-order valence-corrected chi connectivity index (χ1v) is 8.70. The Hall–Kier alpha value is -2.47. The molecule has 6 heteroatoms. The van der Waals surface area contributed by atoms with Gasteiger partial charge in [-0.1, -0.05) is 41.9 Å². The highest BCUT2D eigenvalue weighted by atomic mass is 32.1. The molecule has 1 aromatic carbocycles. The second-order valence-corrected chi connectivity index (χ2v) is 6.50. The highest BCUT2D eigenvalue weighted by Crippen LogP contribution is 2.15. The molecular formula is C18H19N3O2S. The lowest BCUT2D eigenvalue weighted by atomic mass is 10.1. The molecule has 0 N–H and O–H groups in total. The first-order valence-electron chi connectivity index (χ1n) is 7.82. The Kier molecular flexibility index (Phi) is 4.76. The summed E-state index contributed by atoms with van der Waals surface area (Å²) >= 11 is 1.44. The van der Waals surface area contributed by atoms with Gasteiger partial charge in [-0.25, -0.2) is 0 Å². The number of benzene rings is 1. The molecule has 0 aliphatic carbocycles. The number of amides is 1. The Morgan fingerprint density at radius 2 is 2.04 bits per heavy atom. The fraction of sp³-hybridized carbons (Fsp3) is 0.278. The normalized spacial score (nSPS) is 11.9. The smallest absolute Gasteiger partial charge is 0.285 e. The van der Waals surface area contributed by atoms with Crippen LogP contribution in [0.2, 0.25) is 0 Å².